The van der Waals surface area contributed by atoms with Crippen molar-refractivity contribution >= 4 is 21.4 Å². The molecule has 0 saturated heterocycles. The zero-order chi connectivity index (χ0) is 27.1. The van der Waals surface area contributed by atoms with Crippen molar-refractivity contribution in [2.75, 3.05) is 45.5 Å². The first-order valence-electron chi connectivity index (χ1n) is 13.2. The van der Waals surface area contributed by atoms with Crippen LogP contribution in [0.2, 0.25) is 0 Å². The summed E-state index contributed by atoms with van der Waals surface area (Å²) in [4.78, 5) is 17.9. The van der Waals surface area contributed by atoms with E-state index in [9.17, 15) is 13.2 Å². The first-order chi connectivity index (χ1) is 18.1. The molecular weight excluding hydrogens is 500 g/mol. The Morgan fingerprint density at radius 1 is 1.00 bits per heavy atom. The van der Waals surface area contributed by atoms with E-state index in [0.29, 0.717) is 35.7 Å². The maximum atomic E-state index is 13.9. The van der Waals surface area contributed by atoms with Crippen LogP contribution in [0.1, 0.15) is 53.7 Å². The quantitative estimate of drug-likeness (QED) is 0.428. The fourth-order valence-corrected chi connectivity index (χ4v) is 6.83. The Bertz CT molecular complexity index is 1420. The first kappa shape index (κ1) is 26.4. The van der Waals surface area contributed by atoms with Crippen molar-refractivity contribution in [2.45, 2.75) is 49.0 Å². The third-order valence-electron chi connectivity index (χ3n) is 8.04. The van der Waals surface area contributed by atoms with Crippen molar-refractivity contribution in [3.05, 3.63) is 65.4 Å². The Morgan fingerprint density at radius 3 is 2.21 bits per heavy atom. The summed E-state index contributed by atoms with van der Waals surface area (Å²) in [5.74, 6) is 0.414. The lowest BCUT2D eigenvalue weighted by atomic mass is 9.76. The van der Waals surface area contributed by atoms with Crippen LogP contribution in [0, 0.1) is 0 Å². The number of nitrogens with zero attached hydrogens (tertiary/aromatic N) is 4. The van der Waals surface area contributed by atoms with Gasteiger partial charge in [-0.3, -0.25) is 4.79 Å². The van der Waals surface area contributed by atoms with Gasteiger partial charge in [0, 0.05) is 24.1 Å². The summed E-state index contributed by atoms with van der Waals surface area (Å²) in [7, 11) is 2.20. The number of hydrogen-bond acceptors (Lipinski definition) is 6. The molecule has 0 radical (unpaired) electrons. The molecule has 38 heavy (non-hydrogen) atoms. The van der Waals surface area contributed by atoms with E-state index in [1.54, 1.807) is 36.3 Å². The average molecular weight is 537 g/mol. The number of carbonyl (C=O) groups excluding carboxylic acids is 1. The molecule has 2 aliphatic rings. The second-order valence-corrected chi connectivity index (χ2v) is 12.7. The van der Waals surface area contributed by atoms with E-state index >= 15 is 0 Å². The number of sulfone groups is 1. The second-order valence-electron chi connectivity index (χ2n) is 10.8. The van der Waals surface area contributed by atoms with E-state index in [1.165, 1.54) is 35.9 Å². The summed E-state index contributed by atoms with van der Waals surface area (Å²) in [5.41, 5.74) is 3.73. The minimum Gasteiger partial charge on any atom is -0.497 e. The molecule has 1 aliphatic carbocycles. The van der Waals surface area contributed by atoms with E-state index in [-0.39, 0.29) is 16.3 Å². The third-order valence-corrected chi connectivity index (χ3v) is 9.07. The number of benzene rings is 2. The molecule has 1 amide bonds. The number of rotatable bonds is 8. The Kier molecular flexibility index (Phi) is 7.09. The zero-order valence-electron chi connectivity index (χ0n) is 22.6. The summed E-state index contributed by atoms with van der Waals surface area (Å²) in [6.07, 6.45) is 7.57. The molecule has 3 aromatic rings. The van der Waals surface area contributed by atoms with Crippen molar-refractivity contribution < 1.29 is 17.9 Å². The van der Waals surface area contributed by atoms with Crippen LogP contribution in [-0.4, -0.2) is 69.6 Å². The Balaban J connectivity index is 1.49. The van der Waals surface area contributed by atoms with Crippen molar-refractivity contribution in [1.82, 2.24) is 14.7 Å². The van der Waals surface area contributed by atoms with Crippen molar-refractivity contribution in [3.63, 3.8) is 0 Å². The van der Waals surface area contributed by atoms with Gasteiger partial charge in [0.1, 0.15) is 11.4 Å². The van der Waals surface area contributed by atoms with E-state index in [1.807, 2.05) is 12.1 Å². The summed E-state index contributed by atoms with van der Waals surface area (Å²) >= 11 is 0. The molecule has 2 aromatic carbocycles. The maximum Gasteiger partial charge on any atom is 0.277 e. The van der Waals surface area contributed by atoms with Crippen LogP contribution in [0.4, 0.5) is 5.69 Å². The molecule has 1 fully saturated rings. The van der Waals surface area contributed by atoms with Crippen molar-refractivity contribution in [2.24, 2.45) is 0 Å². The molecule has 202 valence electrons. The van der Waals surface area contributed by atoms with Crippen LogP contribution >= 0.6 is 0 Å². The molecule has 8 nitrogen and oxygen atoms in total. The molecule has 0 N–H and O–H groups in total. The van der Waals surface area contributed by atoms with Gasteiger partial charge in [0.25, 0.3) is 5.91 Å². The van der Waals surface area contributed by atoms with Gasteiger partial charge in [-0.2, -0.15) is 5.10 Å². The molecule has 0 unspecified atom stereocenters. The molecule has 2 heterocycles. The summed E-state index contributed by atoms with van der Waals surface area (Å²) in [5, 5.41) is 4.38. The van der Waals surface area contributed by atoms with Gasteiger partial charge in [0.2, 0.25) is 0 Å². The molecule has 1 aromatic heterocycles. The summed E-state index contributed by atoms with van der Waals surface area (Å²) in [6.45, 7) is 1.45. The fraction of sp³-hybridized carbons (Fsp3) is 0.448. The molecule has 0 spiro atoms. The predicted octanol–water partition coefficient (Wildman–Crippen LogP) is 4.25. The lowest BCUT2D eigenvalue weighted by Crippen LogP contribution is -2.39. The van der Waals surface area contributed by atoms with E-state index < -0.39 is 9.84 Å². The predicted molar refractivity (Wildman–Crippen MR) is 148 cm³/mol. The number of amides is 1. The lowest BCUT2D eigenvalue weighted by Gasteiger charge is -2.32. The van der Waals surface area contributed by atoms with Gasteiger partial charge in [-0.1, -0.05) is 25.0 Å². The van der Waals surface area contributed by atoms with Crippen molar-refractivity contribution in [3.8, 4) is 11.4 Å². The first-order valence-corrected chi connectivity index (χ1v) is 15.1. The van der Waals surface area contributed by atoms with Crippen LogP contribution in [0.3, 0.4) is 0 Å². The highest BCUT2D eigenvalue weighted by Crippen LogP contribution is 2.44. The largest absolute Gasteiger partial charge is 0.497 e. The normalized spacial score (nSPS) is 17.2. The smallest absolute Gasteiger partial charge is 0.277 e. The number of anilines is 1. The van der Waals surface area contributed by atoms with E-state index in [2.05, 4.69) is 36.2 Å². The number of aromatic nitrogens is 2. The summed E-state index contributed by atoms with van der Waals surface area (Å²) in [6, 6.07) is 15.5. The van der Waals surface area contributed by atoms with E-state index in [0.717, 1.165) is 24.9 Å². The highest BCUT2D eigenvalue weighted by molar-refractivity contribution is 7.90. The van der Waals surface area contributed by atoms with Gasteiger partial charge in [-0.25, -0.2) is 13.1 Å². The highest BCUT2D eigenvalue weighted by Gasteiger charge is 2.37. The average Bonchev–Trinajstić information content (AvgIpc) is 3.54. The molecule has 0 atom stereocenters. The molecule has 0 bridgehead atoms. The molecular formula is C29H36N4O4S. The Hall–Kier alpha value is -3.17. The Morgan fingerprint density at radius 2 is 1.63 bits per heavy atom. The van der Waals surface area contributed by atoms with Crippen LogP contribution in [0.5, 0.6) is 5.75 Å². The topological polar surface area (TPSA) is 84.7 Å². The zero-order valence-corrected chi connectivity index (χ0v) is 23.4. The Labute approximate surface area is 225 Å². The molecule has 9 heteroatoms. The maximum absolute atomic E-state index is 13.9. The molecule has 5 rings (SSSR count). The minimum atomic E-state index is -3.61. The van der Waals surface area contributed by atoms with Gasteiger partial charge < -0.3 is 14.5 Å². The van der Waals surface area contributed by atoms with Crippen molar-refractivity contribution in [1.29, 1.82) is 0 Å². The van der Waals surface area contributed by atoms with Crippen LogP contribution in [-0.2, 0) is 21.7 Å². The van der Waals surface area contributed by atoms with Gasteiger partial charge in [0.15, 0.2) is 14.9 Å². The number of hydrogen-bond donors (Lipinski definition) is 0. The van der Waals surface area contributed by atoms with Crippen LogP contribution in [0.15, 0.2) is 53.6 Å². The second kappa shape index (κ2) is 10.2. The highest BCUT2D eigenvalue weighted by atomic mass is 32.2. The number of ether oxygens (including phenoxy) is 1. The standard InChI is InChI=1S/C29H36N4O4S/c1-31(2)20-18-29(16-5-6-17-29)21-7-9-22(10-8-21)32-19-15-25-26(28(32)34)33(30-27(25)38(4,35)36)23-11-13-24(37-3)14-12-23/h7-14H,5-6,15-20H2,1-4H3. The third kappa shape index (κ3) is 4.85. The number of methoxy groups -OCH3 is 1. The van der Waals surface area contributed by atoms with Crippen LogP contribution < -0.4 is 9.64 Å². The fourth-order valence-electron chi connectivity index (χ4n) is 5.95. The SMILES string of the molecule is COc1ccc(-n2nc(S(C)(=O)=O)c3c2C(=O)N(c2ccc(C4(CCN(C)C)CCCC4)cc2)CC3)cc1. The van der Waals surface area contributed by atoms with Gasteiger partial charge in [-0.05, 0) is 93.7 Å². The molecule has 1 aliphatic heterocycles. The minimum absolute atomic E-state index is 0.0317. The number of carbonyl (C=O) groups is 1. The van der Waals surface area contributed by atoms with Crippen LogP contribution in [0.25, 0.3) is 5.69 Å². The van der Waals surface area contributed by atoms with Gasteiger partial charge >= 0.3 is 0 Å². The lowest BCUT2D eigenvalue weighted by molar-refractivity contribution is 0.0973. The summed E-state index contributed by atoms with van der Waals surface area (Å²) < 4.78 is 31.9. The van der Waals surface area contributed by atoms with Gasteiger partial charge in [0.05, 0.1) is 12.8 Å². The monoisotopic (exact) mass is 536 g/mol. The van der Waals surface area contributed by atoms with E-state index in [4.69, 9.17) is 4.74 Å². The van der Waals surface area contributed by atoms with Gasteiger partial charge in [-0.15, -0.1) is 0 Å². The number of fused-ring (bicyclic) bond motifs is 1. The molecule has 1 saturated carbocycles.